The topological polar surface area (TPSA) is 90.8 Å². The summed E-state index contributed by atoms with van der Waals surface area (Å²) in [6, 6.07) is 10.00. The van der Waals surface area contributed by atoms with Gasteiger partial charge in [-0.2, -0.15) is 10.4 Å². The van der Waals surface area contributed by atoms with Gasteiger partial charge in [0, 0.05) is 31.6 Å². The number of hydrogen-bond donors (Lipinski definition) is 2. The predicted octanol–water partition coefficient (Wildman–Crippen LogP) is 2.50. The molecule has 1 aromatic heterocycles. The van der Waals surface area contributed by atoms with Crippen molar-refractivity contribution in [3.05, 3.63) is 41.1 Å². The first-order valence-electron chi connectivity index (χ1n) is 7.97. The lowest BCUT2D eigenvalue weighted by Crippen LogP contribution is -2.51. The van der Waals surface area contributed by atoms with Gasteiger partial charge >= 0.3 is 0 Å². The van der Waals surface area contributed by atoms with E-state index in [0.29, 0.717) is 37.4 Å². The average Bonchev–Trinajstić information content (AvgIpc) is 3.08. The summed E-state index contributed by atoms with van der Waals surface area (Å²) in [5.41, 5.74) is 3.54. The van der Waals surface area contributed by atoms with E-state index in [1.807, 2.05) is 25.1 Å². The molecule has 124 valence electrons. The maximum atomic E-state index is 12.5. The van der Waals surface area contributed by atoms with Gasteiger partial charge in [-0.05, 0) is 37.1 Å². The molecule has 0 atom stereocenters. The number of nitrogens with one attached hydrogen (secondary N) is 2. The molecule has 1 aliphatic rings. The summed E-state index contributed by atoms with van der Waals surface area (Å²) < 4.78 is 5.27. The molecule has 0 saturated carbocycles. The van der Waals surface area contributed by atoms with E-state index in [4.69, 9.17) is 4.74 Å². The van der Waals surface area contributed by atoms with Gasteiger partial charge in [-0.15, -0.1) is 0 Å². The van der Waals surface area contributed by atoms with Gasteiger partial charge in [0.05, 0.1) is 11.8 Å². The van der Waals surface area contributed by atoms with Gasteiger partial charge in [0.15, 0.2) is 0 Å². The standard InChI is InChI=1S/C18H20N4O2/c1-12-3-4-14(9-13(12)2)15-10-16(22-21-15)17(23)20-18(11-19)5-7-24-8-6-18/h3-4,9-10H,5-8H2,1-2H3,(H,20,23)(H,21,22). The molecule has 6 heteroatoms. The molecule has 0 spiro atoms. The predicted molar refractivity (Wildman–Crippen MR) is 89.4 cm³/mol. The van der Waals surface area contributed by atoms with E-state index in [1.54, 1.807) is 6.07 Å². The number of hydrogen-bond acceptors (Lipinski definition) is 4. The van der Waals surface area contributed by atoms with Crippen LogP contribution in [0.3, 0.4) is 0 Å². The largest absolute Gasteiger partial charge is 0.381 e. The number of aromatic amines is 1. The van der Waals surface area contributed by atoms with E-state index < -0.39 is 5.54 Å². The summed E-state index contributed by atoms with van der Waals surface area (Å²) >= 11 is 0. The number of benzene rings is 1. The molecule has 0 unspecified atom stereocenters. The van der Waals surface area contributed by atoms with Crippen LogP contribution >= 0.6 is 0 Å². The number of aromatic nitrogens is 2. The lowest BCUT2D eigenvalue weighted by atomic mass is 9.91. The fourth-order valence-corrected chi connectivity index (χ4v) is 2.76. The second-order valence-corrected chi connectivity index (χ2v) is 6.23. The van der Waals surface area contributed by atoms with Crippen molar-refractivity contribution in [2.24, 2.45) is 0 Å². The van der Waals surface area contributed by atoms with Gasteiger partial charge in [0.25, 0.3) is 5.91 Å². The first-order chi connectivity index (χ1) is 11.5. The van der Waals surface area contributed by atoms with E-state index in [0.717, 1.165) is 5.56 Å². The van der Waals surface area contributed by atoms with Crippen LogP contribution in [0.1, 0.15) is 34.5 Å². The minimum atomic E-state index is -0.860. The molecule has 0 radical (unpaired) electrons. The number of H-pyrrole nitrogens is 1. The number of amides is 1. The van der Waals surface area contributed by atoms with E-state index >= 15 is 0 Å². The van der Waals surface area contributed by atoms with E-state index in [2.05, 4.69) is 28.5 Å². The van der Waals surface area contributed by atoms with Gasteiger partial charge in [0.1, 0.15) is 11.2 Å². The van der Waals surface area contributed by atoms with Crippen LogP contribution in [0.4, 0.5) is 0 Å². The second-order valence-electron chi connectivity index (χ2n) is 6.23. The third-order valence-electron chi connectivity index (χ3n) is 4.54. The van der Waals surface area contributed by atoms with Crippen LogP contribution in [-0.2, 0) is 4.74 Å². The van der Waals surface area contributed by atoms with Crippen LogP contribution in [0.5, 0.6) is 0 Å². The van der Waals surface area contributed by atoms with Crippen LogP contribution in [0, 0.1) is 25.2 Å². The Morgan fingerprint density at radius 3 is 2.71 bits per heavy atom. The summed E-state index contributed by atoms with van der Waals surface area (Å²) in [6.45, 7) is 5.05. The normalized spacial score (nSPS) is 16.4. The monoisotopic (exact) mass is 324 g/mol. The Labute approximate surface area is 140 Å². The van der Waals surface area contributed by atoms with Crippen molar-refractivity contribution < 1.29 is 9.53 Å². The van der Waals surface area contributed by atoms with Crippen molar-refractivity contribution in [1.82, 2.24) is 15.5 Å². The van der Waals surface area contributed by atoms with Gasteiger partial charge in [-0.1, -0.05) is 12.1 Å². The van der Waals surface area contributed by atoms with Crippen LogP contribution in [-0.4, -0.2) is 34.9 Å². The van der Waals surface area contributed by atoms with Crippen LogP contribution in [0.15, 0.2) is 24.3 Å². The molecule has 1 amide bonds. The summed E-state index contributed by atoms with van der Waals surface area (Å²) in [7, 11) is 0. The highest BCUT2D eigenvalue weighted by Gasteiger charge is 2.34. The van der Waals surface area contributed by atoms with E-state index in [9.17, 15) is 10.1 Å². The molecule has 6 nitrogen and oxygen atoms in total. The first kappa shape index (κ1) is 16.2. The van der Waals surface area contributed by atoms with Crippen LogP contribution in [0.25, 0.3) is 11.3 Å². The summed E-state index contributed by atoms with van der Waals surface area (Å²) in [6.07, 6.45) is 0.987. The zero-order valence-corrected chi connectivity index (χ0v) is 13.8. The Morgan fingerprint density at radius 1 is 1.29 bits per heavy atom. The summed E-state index contributed by atoms with van der Waals surface area (Å²) in [5.74, 6) is -0.318. The quantitative estimate of drug-likeness (QED) is 0.907. The zero-order valence-electron chi connectivity index (χ0n) is 13.8. The van der Waals surface area contributed by atoms with Crippen molar-refractivity contribution in [1.29, 1.82) is 5.26 Å². The van der Waals surface area contributed by atoms with Crippen molar-refractivity contribution in [2.45, 2.75) is 32.2 Å². The SMILES string of the molecule is Cc1ccc(-c2cc(C(=O)NC3(C#N)CCOCC3)[nH]n2)cc1C. The van der Waals surface area contributed by atoms with Gasteiger partial charge < -0.3 is 10.1 Å². The number of nitriles is 1. The highest BCUT2D eigenvalue weighted by atomic mass is 16.5. The van der Waals surface area contributed by atoms with Crippen molar-refractivity contribution in [3.8, 4) is 17.3 Å². The fourth-order valence-electron chi connectivity index (χ4n) is 2.76. The molecule has 24 heavy (non-hydrogen) atoms. The van der Waals surface area contributed by atoms with Crippen molar-refractivity contribution in [3.63, 3.8) is 0 Å². The smallest absolute Gasteiger partial charge is 0.270 e. The van der Waals surface area contributed by atoms with Gasteiger partial charge in [-0.3, -0.25) is 9.89 Å². The Kier molecular flexibility index (Phi) is 4.36. The molecule has 1 saturated heterocycles. The molecule has 1 aliphatic heterocycles. The van der Waals surface area contributed by atoms with Crippen molar-refractivity contribution in [2.75, 3.05) is 13.2 Å². The number of nitrogens with zero attached hydrogens (tertiary/aromatic N) is 2. The summed E-state index contributed by atoms with van der Waals surface area (Å²) in [5, 5.41) is 19.3. The fraction of sp³-hybridized carbons (Fsp3) is 0.389. The van der Waals surface area contributed by atoms with Crippen LogP contribution in [0.2, 0.25) is 0 Å². The number of carbonyl (C=O) groups is 1. The Balaban J connectivity index is 1.78. The molecule has 1 aromatic carbocycles. The third-order valence-corrected chi connectivity index (χ3v) is 4.54. The minimum absolute atomic E-state index is 0.318. The Bertz CT molecular complexity index is 798. The average molecular weight is 324 g/mol. The maximum Gasteiger partial charge on any atom is 0.270 e. The highest BCUT2D eigenvalue weighted by Crippen LogP contribution is 2.23. The molecule has 3 rings (SSSR count). The molecule has 0 bridgehead atoms. The molecule has 2 N–H and O–H groups in total. The number of carbonyl (C=O) groups excluding carboxylic acids is 1. The minimum Gasteiger partial charge on any atom is -0.381 e. The summed E-state index contributed by atoms with van der Waals surface area (Å²) in [4.78, 5) is 12.5. The molecule has 2 heterocycles. The van der Waals surface area contributed by atoms with Crippen LogP contribution < -0.4 is 5.32 Å². The maximum absolute atomic E-state index is 12.5. The first-order valence-corrected chi connectivity index (χ1v) is 7.97. The van der Waals surface area contributed by atoms with E-state index in [-0.39, 0.29) is 5.91 Å². The Morgan fingerprint density at radius 2 is 2.04 bits per heavy atom. The molecular formula is C18H20N4O2. The molecule has 2 aromatic rings. The van der Waals surface area contributed by atoms with E-state index in [1.165, 1.54) is 11.1 Å². The third kappa shape index (κ3) is 3.17. The number of ether oxygens (including phenoxy) is 1. The second kappa shape index (κ2) is 6.46. The highest BCUT2D eigenvalue weighted by molar-refractivity contribution is 5.94. The Hall–Kier alpha value is -2.65. The zero-order chi connectivity index (χ0) is 17.2. The van der Waals surface area contributed by atoms with Crippen molar-refractivity contribution >= 4 is 5.91 Å². The lowest BCUT2D eigenvalue weighted by Gasteiger charge is -2.31. The van der Waals surface area contributed by atoms with Gasteiger partial charge in [-0.25, -0.2) is 0 Å². The van der Waals surface area contributed by atoms with Gasteiger partial charge in [0.2, 0.25) is 0 Å². The molecular weight excluding hydrogens is 304 g/mol. The lowest BCUT2D eigenvalue weighted by molar-refractivity contribution is 0.0529. The molecule has 1 fully saturated rings. The number of rotatable bonds is 3. The number of aryl methyl sites for hydroxylation is 2. The molecule has 0 aliphatic carbocycles.